The molecule has 0 bridgehead atoms. The number of carbonyl (C=O) groups is 3. The molecule has 0 spiro atoms. The normalized spacial score (nSPS) is 12.4. The zero-order chi connectivity index (χ0) is 41.5. The van der Waals surface area contributed by atoms with E-state index >= 15 is 0 Å². The average Bonchev–Trinajstić information content (AvgIpc) is 3.21. The lowest BCUT2D eigenvalue weighted by atomic mass is 10.0. The molecule has 0 aliphatic carbocycles. The van der Waals surface area contributed by atoms with Gasteiger partial charge in [0, 0.05) is 19.3 Å². The Kier molecular flexibility index (Phi) is 43.9. The first-order valence-corrected chi connectivity index (χ1v) is 24.1. The maximum Gasteiger partial charge on any atom is 0.306 e. The molecule has 0 amide bonds. The van der Waals surface area contributed by atoms with Crippen LogP contribution < -0.4 is 0 Å². The van der Waals surface area contributed by atoms with E-state index in [1.165, 1.54) is 103 Å². The third-order valence-corrected chi connectivity index (χ3v) is 10.3. The lowest BCUT2D eigenvalue weighted by Crippen LogP contribution is -2.30. The van der Waals surface area contributed by atoms with Gasteiger partial charge in [0.1, 0.15) is 13.2 Å². The molecule has 330 valence electrons. The smallest absolute Gasteiger partial charge is 0.306 e. The van der Waals surface area contributed by atoms with E-state index in [9.17, 15) is 14.4 Å². The van der Waals surface area contributed by atoms with Crippen LogP contribution in [0.25, 0.3) is 0 Å². The van der Waals surface area contributed by atoms with Crippen LogP contribution in [-0.2, 0) is 28.6 Å². The number of unbranched alkanes of at least 4 members (excludes halogenated alkanes) is 24. The molecule has 6 heteroatoms. The van der Waals surface area contributed by atoms with Gasteiger partial charge in [-0.25, -0.2) is 0 Å². The Morgan fingerprint density at radius 3 is 1.07 bits per heavy atom. The molecule has 0 heterocycles. The Morgan fingerprint density at radius 2 is 0.684 bits per heavy atom. The van der Waals surface area contributed by atoms with Gasteiger partial charge in [-0.2, -0.15) is 0 Å². The molecular weight excluding hydrogens is 709 g/mol. The van der Waals surface area contributed by atoms with Crippen LogP contribution >= 0.6 is 0 Å². The highest BCUT2D eigenvalue weighted by Gasteiger charge is 2.19. The Labute approximate surface area is 352 Å². The fraction of sp³-hybridized carbons (Fsp3) is 0.784. The molecule has 0 fully saturated rings. The maximum absolute atomic E-state index is 12.7. The minimum Gasteiger partial charge on any atom is -0.462 e. The molecule has 0 saturated carbocycles. The van der Waals surface area contributed by atoms with Crippen LogP contribution in [0.5, 0.6) is 0 Å². The number of ether oxygens (including phenoxy) is 3. The van der Waals surface area contributed by atoms with Gasteiger partial charge in [-0.3, -0.25) is 14.4 Å². The minimum absolute atomic E-state index is 0.0789. The second kappa shape index (κ2) is 46.1. The fourth-order valence-electron chi connectivity index (χ4n) is 6.73. The van der Waals surface area contributed by atoms with Gasteiger partial charge < -0.3 is 14.2 Å². The van der Waals surface area contributed by atoms with Crippen LogP contribution in [0.15, 0.2) is 48.6 Å². The summed E-state index contributed by atoms with van der Waals surface area (Å²) in [4.78, 5) is 37.7. The highest BCUT2D eigenvalue weighted by Crippen LogP contribution is 2.15. The van der Waals surface area contributed by atoms with Gasteiger partial charge in [0.25, 0.3) is 0 Å². The number of carbonyl (C=O) groups excluding carboxylic acids is 3. The molecule has 0 aliphatic rings. The SMILES string of the molecule is CC/C=C\C/C=C\C/C=C\C/C=C\CCCCCCC(=O)OCC(COC(=O)CCCCCCCCC)OC(=O)CCCCCCCCCCCCCCCCC. The molecule has 0 aromatic carbocycles. The highest BCUT2D eigenvalue weighted by molar-refractivity contribution is 5.71. The van der Waals surface area contributed by atoms with Crippen LogP contribution in [0.3, 0.4) is 0 Å². The number of allylic oxidation sites excluding steroid dienone is 8. The Morgan fingerprint density at radius 1 is 0.368 bits per heavy atom. The van der Waals surface area contributed by atoms with Crippen LogP contribution in [0, 0.1) is 0 Å². The van der Waals surface area contributed by atoms with E-state index in [0.29, 0.717) is 19.3 Å². The molecule has 1 unspecified atom stereocenters. The van der Waals surface area contributed by atoms with E-state index < -0.39 is 6.10 Å². The third kappa shape index (κ3) is 44.3. The van der Waals surface area contributed by atoms with E-state index in [2.05, 4.69) is 69.4 Å². The van der Waals surface area contributed by atoms with Crippen molar-refractivity contribution in [3.05, 3.63) is 48.6 Å². The maximum atomic E-state index is 12.7. The first-order valence-electron chi connectivity index (χ1n) is 24.1. The van der Waals surface area contributed by atoms with E-state index in [-0.39, 0.29) is 31.1 Å². The molecule has 0 rings (SSSR count). The fourth-order valence-corrected chi connectivity index (χ4v) is 6.73. The Hall–Kier alpha value is -2.63. The number of esters is 3. The van der Waals surface area contributed by atoms with Crippen molar-refractivity contribution in [2.75, 3.05) is 13.2 Å². The number of hydrogen-bond acceptors (Lipinski definition) is 6. The second-order valence-corrected chi connectivity index (χ2v) is 16.0. The van der Waals surface area contributed by atoms with Gasteiger partial charge in [-0.1, -0.05) is 211 Å². The van der Waals surface area contributed by atoms with Gasteiger partial charge >= 0.3 is 17.9 Å². The lowest BCUT2D eigenvalue weighted by Gasteiger charge is -2.18. The summed E-state index contributed by atoms with van der Waals surface area (Å²) < 4.78 is 16.7. The van der Waals surface area contributed by atoms with Gasteiger partial charge in [0.15, 0.2) is 6.10 Å². The Balaban J connectivity index is 4.31. The molecule has 57 heavy (non-hydrogen) atoms. The quantitative estimate of drug-likeness (QED) is 0.0265. The summed E-state index contributed by atoms with van der Waals surface area (Å²) in [6.45, 7) is 6.47. The number of rotatable bonds is 43. The van der Waals surface area contributed by atoms with E-state index in [1.54, 1.807) is 0 Å². The van der Waals surface area contributed by atoms with Crippen molar-refractivity contribution in [2.24, 2.45) is 0 Å². The van der Waals surface area contributed by atoms with Crippen LogP contribution in [0.1, 0.15) is 239 Å². The van der Waals surface area contributed by atoms with Crippen molar-refractivity contribution in [2.45, 2.75) is 245 Å². The van der Waals surface area contributed by atoms with Gasteiger partial charge in [0.05, 0.1) is 0 Å². The van der Waals surface area contributed by atoms with Crippen molar-refractivity contribution >= 4 is 17.9 Å². The molecule has 6 nitrogen and oxygen atoms in total. The van der Waals surface area contributed by atoms with Crippen LogP contribution in [0.4, 0.5) is 0 Å². The summed E-state index contributed by atoms with van der Waals surface area (Å²) in [7, 11) is 0. The highest BCUT2D eigenvalue weighted by atomic mass is 16.6. The zero-order valence-corrected chi connectivity index (χ0v) is 37.6. The predicted octanol–water partition coefficient (Wildman–Crippen LogP) is 15.5. The second-order valence-electron chi connectivity index (χ2n) is 16.0. The van der Waals surface area contributed by atoms with Crippen LogP contribution in [-0.4, -0.2) is 37.2 Å². The molecule has 0 aromatic rings. The van der Waals surface area contributed by atoms with Crippen molar-refractivity contribution < 1.29 is 28.6 Å². The molecule has 0 aromatic heterocycles. The molecule has 1 atom stereocenters. The first kappa shape index (κ1) is 54.4. The van der Waals surface area contributed by atoms with Crippen molar-refractivity contribution in [1.29, 1.82) is 0 Å². The standard InChI is InChI=1S/C51H90O6/c1-4-7-10-13-16-18-20-22-24-25-27-28-30-32-35-38-41-44-50(53)56-47-48(46-55-49(52)43-40-37-34-15-12-9-6-3)57-51(54)45-42-39-36-33-31-29-26-23-21-19-17-14-11-8-5-2/h7,10,16,18,22,24,27-28,48H,4-6,8-9,11-15,17,19-21,23,25-26,29-47H2,1-3H3/b10-7-,18-16-,24-22-,28-27-. The molecule has 0 aliphatic heterocycles. The van der Waals surface area contributed by atoms with E-state index in [0.717, 1.165) is 96.3 Å². The summed E-state index contributed by atoms with van der Waals surface area (Å²) >= 11 is 0. The minimum atomic E-state index is -0.776. The van der Waals surface area contributed by atoms with Gasteiger partial charge in [0.2, 0.25) is 0 Å². The molecular formula is C51H90O6. The summed E-state index contributed by atoms with van der Waals surface area (Å²) in [6.07, 6.45) is 53.9. The topological polar surface area (TPSA) is 78.9 Å². The monoisotopic (exact) mass is 799 g/mol. The van der Waals surface area contributed by atoms with Gasteiger partial charge in [-0.05, 0) is 57.8 Å². The Bertz CT molecular complexity index is 1010. The zero-order valence-electron chi connectivity index (χ0n) is 37.6. The van der Waals surface area contributed by atoms with Crippen molar-refractivity contribution in [3.8, 4) is 0 Å². The van der Waals surface area contributed by atoms with Gasteiger partial charge in [-0.15, -0.1) is 0 Å². The predicted molar refractivity (Wildman–Crippen MR) is 242 cm³/mol. The van der Waals surface area contributed by atoms with E-state index in [4.69, 9.17) is 14.2 Å². The molecule has 0 saturated heterocycles. The first-order chi connectivity index (χ1) is 28.0. The lowest BCUT2D eigenvalue weighted by molar-refractivity contribution is -0.167. The number of hydrogen-bond donors (Lipinski definition) is 0. The summed E-state index contributed by atoms with van der Waals surface area (Å²) in [6, 6.07) is 0. The van der Waals surface area contributed by atoms with Crippen molar-refractivity contribution in [1.82, 2.24) is 0 Å². The average molecular weight is 799 g/mol. The summed E-state index contributed by atoms with van der Waals surface area (Å²) in [5, 5.41) is 0. The molecule has 0 radical (unpaired) electrons. The molecule has 0 N–H and O–H groups in total. The summed E-state index contributed by atoms with van der Waals surface area (Å²) in [5.41, 5.74) is 0. The largest absolute Gasteiger partial charge is 0.462 e. The third-order valence-electron chi connectivity index (χ3n) is 10.3. The van der Waals surface area contributed by atoms with E-state index in [1.807, 2.05) is 0 Å². The van der Waals surface area contributed by atoms with Crippen molar-refractivity contribution in [3.63, 3.8) is 0 Å². The summed E-state index contributed by atoms with van der Waals surface area (Å²) in [5.74, 6) is -0.905. The van der Waals surface area contributed by atoms with Crippen LogP contribution in [0.2, 0.25) is 0 Å².